The van der Waals surface area contributed by atoms with Crippen molar-refractivity contribution in [3.05, 3.63) is 74.3 Å². The third-order valence-electron chi connectivity index (χ3n) is 5.23. The summed E-state index contributed by atoms with van der Waals surface area (Å²) in [5, 5.41) is 3.27. The van der Waals surface area contributed by atoms with E-state index in [1.54, 1.807) is 6.07 Å². The second-order valence-corrected chi connectivity index (χ2v) is 8.18. The fraction of sp³-hybridized carbons (Fsp3) is 0.182. The zero-order valence-electron chi connectivity index (χ0n) is 14.6. The van der Waals surface area contributed by atoms with Crippen molar-refractivity contribution in [3.63, 3.8) is 0 Å². The summed E-state index contributed by atoms with van der Waals surface area (Å²) in [5.74, 6) is 0.511. The number of nitrogens with zero attached hydrogens (tertiary/aromatic N) is 1. The van der Waals surface area contributed by atoms with E-state index in [1.807, 2.05) is 23.6 Å². The predicted molar refractivity (Wildman–Crippen MR) is 113 cm³/mol. The number of aromatic amines is 1. The Morgan fingerprint density at radius 2 is 1.81 bits per heavy atom. The van der Waals surface area contributed by atoms with Gasteiger partial charge in [0.05, 0.1) is 10.4 Å². The molecule has 0 saturated carbocycles. The molecule has 0 saturated heterocycles. The monoisotopic (exact) mass is 392 g/mol. The summed E-state index contributed by atoms with van der Waals surface area (Å²) in [7, 11) is 0. The molecule has 0 amide bonds. The lowest BCUT2D eigenvalue weighted by molar-refractivity contribution is 0.686. The molecule has 1 aliphatic carbocycles. The molecule has 0 fully saturated rings. The first kappa shape index (κ1) is 16.7. The fourth-order valence-electron chi connectivity index (χ4n) is 3.84. The van der Waals surface area contributed by atoms with Crippen LogP contribution in [-0.2, 0) is 12.8 Å². The van der Waals surface area contributed by atoms with Crippen molar-refractivity contribution >= 4 is 33.2 Å². The second kappa shape index (κ2) is 6.63. The summed E-state index contributed by atoms with van der Waals surface area (Å²) >= 11 is 7.77. The van der Waals surface area contributed by atoms with Crippen molar-refractivity contribution < 1.29 is 0 Å². The third-order valence-corrected chi connectivity index (χ3v) is 6.43. The molecule has 0 unspecified atom stereocenters. The number of hydrogen-bond acceptors (Lipinski definition) is 3. The normalized spacial score (nSPS) is 13.7. The van der Waals surface area contributed by atoms with Crippen LogP contribution < -0.4 is 5.56 Å². The van der Waals surface area contributed by atoms with Gasteiger partial charge in [-0.3, -0.25) is 4.79 Å². The van der Waals surface area contributed by atoms with Gasteiger partial charge < -0.3 is 4.98 Å². The number of rotatable bonds is 2. The summed E-state index contributed by atoms with van der Waals surface area (Å²) in [4.78, 5) is 21.2. The zero-order valence-corrected chi connectivity index (χ0v) is 16.2. The van der Waals surface area contributed by atoms with Crippen molar-refractivity contribution in [1.29, 1.82) is 0 Å². The van der Waals surface area contributed by atoms with Crippen LogP contribution in [0.3, 0.4) is 0 Å². The van der Waals surface area contributed by atoms with Crippen LogP contribution in [0.5, 0.6) is 0 Å². The van der Waals surface area contributed by atoms with Crippen molar-refractivity contribution in [1.82, 2.24) is 9.97 Å². The minimum Gasteiger partial charge on any atom is -0.306 e. The van der Waals surface area contributed by atoms with Crippen molar-refractivity contribution in [2.45, 2.75) is 25.7 Å². The van der Waals surface area contributed by atoms with E-state index in [2.05, 4.69) is 28.2 Å². The summed E-state index contributed by atoms with van der Waals surface area (Å²) in [6.07, 6.45) is 4.78. The lowest BCUT2D eigenvalue weighted by atomic mass is 9.89. The Bertz CT molecular complexity index is 1220. The number of aryl methyl sites for hydroxylation is 2. The molecule has 3 nitrogen and oxygen atoms in total. The largest absolute Gasteiger partial charge is 0.306 e. The van der Waals surface area contributed by atoms with Gasteiger partial charge in [-0.05, 0) is 54.5 Å². The van der Waals surface area contributed by atoms with Gasteiger partial charge in [-0.1, -0.05) is 41.9 Å². The number of thiophene rings is 1. The number of fused-ring (bicyclic) bond motifs is 2. The minimum absolute atomic E-state index is 0.121. The standard InChI is InChI=1S/C22H17ClN2OS/c23-18-8-4-3-7-16(18)20-24-21(26)19-17(12-27-22(19)25-20)15-10-9-13-5-1-2-6-14(13)11-15/h3-4,7-12H,1-2,5-6H2,(H,24,25,26). The van der Waals surface area contributed by atoms with Gasteiger partial charge in [0, 0.05) is 16.5 Å². The van der Waals surface area contributed by atoms with Crippen LogP contribution in [-0.4, -0.2) is 9.97 Å². The van der Waals surface area contributed by atoms with Gasteiger partial charge in [-0.25, -0.2) is 4.98 Å². The number of hydrogen-bond donors (Lipinski definition) is 1. The maximum atomic E-state index is 12.9. The van der Waals surface area contributed by atoms with Crippen LogP contribution in [0.1, 0.15) is 24.0 Å². The quantitative estimate of drug-likeness (QED) is 0.465. The Morgan fingerprint density at radius 3 is 2.67 bits per heavy atom. The summed E-state index contributed by atoms with van der Waals surface area (Å²) in [5.41, 5.74) is 5.53. The molecule has 0 atom stereocenters. The van der Waals surface area contributed by atoms with Crippen LogP contribution in [0.4, 0.5) is 0 Å². The van der Waals surface area contributed by atoms with Crippen molar-refractivity contribution in [2.75, 3.05) is 0 Å². The molecule has 5 rings (SSSR count). The Kier molecular flexibility index (Phi) is 4.10. The zero-order chi connectivity index (χ0) is 18.4. The number of aromatic nitrogens is 2. The van der Waals surface area contributed by atoms with Crippen LogP contribution in [0.15, 0.2) is 52.6 Å². The molecule has 5 heteroatoms. The van der Waals surface area contributed by atoms with E-state index in [0.717, 1.165) is 34.4 Å². The van der Waals surface area contributed by atoms with Gasteiger partial charge >= 0.3 is 0 Å². The minimum atomic E-state index is -0.121. The highest BCUT2D eigenvalue weighted by Crippen LogP contribution is 2.34. The van der Waals surface area contributed by atoms with Crippen molar-refractivity contribution in [2.24, 2.45) is 0 Å². The highest BCUT2D eigenvalue weighted by molar-refractivity contribution is 7.17. The first-order chi connectivity index (χ1) is 13.2. The molecule has 0 spiro atoms. The van der Waals surface area contributed by atoms with E-state index in [0.29, 0.717) is 16.2 Å². The maximum absolute atomic E-state index is 12.9. The van der Waals surface area contributed by atoms with Gasteiger partial charge in [0.25, 0.3) is 5.56 Å². The van der Waals surface area contributed by atoms with Gasteiger partial charge in [0.1, 0.15) is 10.7 Å². The molecule has 1 aliphatic rings. The SMILES string of the molecule is O=c1[nH]c(-c2ccccc2Cl)nc2scc(-c3ccc4c(c3)CCCC4)c12. The second-order valence-electron chi connectivity index (χ2n) is 6.91. The fourth-order valence-corrected chi connectivity index (χ4v) is 5.02. The average Bonchev–Trinajstić information content (AvgIpc) is 3.12. The van der Waals surface area contributed by atoms with Crippen LogP contribution in [0.2, 0.25) is 5.02 Å². The summed E-state index contributed by atoms with van der Waals surface area (Å²) in [6, 6.07) is 14.0. The van der Waals surface area contributed by atoms with Gasteiger partial charge in [-0.15, -0.1) is 11.3 Å². The molecule has 2 aromatic carbocycles. The Hall–Kier alpha value is -2.43. The lowest BCUT2D eigenvalue weighted by Gasteiger charge is -2.16. The smallest absolute Gasteiger partial charge is 0.260 e. The number of H-pyrrole nitrogens is 1. The molecule has 0 radical (unpaired) electrons. The van der Waals surface area contributed by atoms with Crippen molar-refractivity contribution in [3.8, 4) is 22.5 Å². The maximum Gasteiger partial charge on any atom is 0.260 e. The summed E-state index contributed by atoms with van der Waals surface area (Å²) in [6.45, 7) is 0. The van der Waals surface area contributed by atoms with Crippen LogP contribution in [0, 0.1) is 0 Å². The van der Waals surface area contributed by atoms with E-state index in [9.17, 15) is 4.79 Å². The molecule has 0 bridgehead atoms. The van der Waals surface area contributed by atoms with E-state index >= 15 is 0 Å². The van der Waals surface area contributed by atoms with Gasteiger partial charge in [-0.2, -0.15) is 0 Å². The van der Waals surface area contributed by atoms with E-state index in [-0.39, 0.29) is 5.56 Å². The summed E-state index contributed by atoms with van der Waals surface area (Å²) < 4.78 is 0. The topological polar surface area (TPSA) is 45.8 Å². The van der Waals surface area contributed by atoms with Gasteiger partial charge in [0.2, 0.25) is 0 Å². The highest BCUT2D eigenvalue weighted by Gasteiger charge is 2.16. The molecule has 134 valence electrons. The first-order valence-electron chi connectivity index (χ1n) is 9.09. The molecule has 1 N–H and O–H groups in total. The molecule has 0 aliphatic heterocycles. The third kappa shape index (κ3) is 2.89. The lowest BCUT2D eigenvalue weighted by Crippen LogP contribution is -2.09. The Labute approximate surface area is 165 Å². The predicted octanol–water partition coefficient (Wildman–Crippen LogP) is 5.85. The number of nitrogens with one attached hydrogen (secondary N) is 1. The molecular weight excluding hydrogens is 376 g/mol. The first-order valence-corrected chi connectivity index (χ1v) is 10.3. The van der Waals surface area contributed by atoms with E-state index in [4.69, 9.17) is 11.6 Å². The Balaban J connectivity index is 1.66. The molecule has 2 aromatic heterocycles. The molecule has 27 heavy (non-hydrogen) atoms. The van der Waals surface area contributed by atoms with E-state index < -0.39 is 0 Å². The van der Waals surface area contributed by atoms with Crippen LogP contribution >= 0.6 is 22.9 Å². The average molecular weight is 393 g/mol. The van der Waals surface area contributed by atoms with Gasteiger partial charge in [0.15, 0.2) is 0 Å². The number of halogens is 1. The van der Waals surface area contributed by atoms with Crippen LogP contribution in [0.25, 0.3) is 32.7 Å². The molecule has 2 heterocycles. The number of benzene rings is 2. The highest BCUT2D eigenvalue weighted by atomic mass is 35.5. The molecular formula is C22H17ClN2OS. The Morgan fingerprint density at radius 1 is 1.00 bits per heavy atom. The van der Waals surface area contributed by atoms with E-state index in [1.165, 1.54) is 35.3 Å². The molecule has 4 aromatic rings.